The molecule has 0 unspecified atom stereocenters. The van der Waals surface area contributed by atoms with Crippen molar-refractivity contribution < 1.29 is 13.9 Å². The molecule has 0 aliphatic carbocycles. The van der Waals surface area contributed by atoms with Crippen molar-refractivity contribution >= 4 is 21.8 Å². The highest BCUT2D eigenvalue weighted by Gasteiger charge is 2.10. The summed E-state index contributed by atoms with van der Waals surface area (Å²) in [6, 6.07) is 11.9. The fraction of sp³-hybridized carbons (Fsp3) is 0.278. The topological polar surface area (TPSA) is 38.3 Å². The Labute approximate surface area is 144 Å². The molecule has 0 atom stereocenters. The minimum atomic E-state index is -0.382. The second kappa shape index (κ2) is 8.22. The van der Waals surface area contributed by atoms with Gasteiger partial charge in [-0.2, -0.15) is 0 Å². The summed E-state index contributed by atoms with van der Waals surface area (Å²) < 4.78 is 19.0. The average Bonchev–Trinajstić information content (AvgIpc) is 2.51. The van der Waals surface area contributed by atoms with Crippen molar-refractivity contribution in [1.29, 1.82) is 0 Å². The van der Waals surface area contributed by atoms with Crippen LogP contribution in [-0.4, -0.2) is 12.0 Å². The van der Waals surface area contributed by atoms with Gasteiger partial charge in [0.15, 0.2) is 0 Å². The number of carbonyl (C=O) groups is 1. The summed E-state index contributed by atoms with van der Waals surface area (Å²) in [5, 5.41) is 2.82. The number of hydrogen-bond donors (Lipinski definition) is 1. The van der Waals surface area contributed by atoms with Crippen LogP contribution >= 0.6 is 15.9 Å². The lowest BCUT2D eigenvalue weighted by molar-refractivity contribution is 0.0657. The van der Waals surface area contributed by atoms with Crippen molar-refractivity contribution in [3.8, 4) is 0 Å². The first-order chi connectivity index (χ1) is 11.0. The van der Waals surface area contributed by atoms with Gasteiger partial charge in [-0.3, -0.25) is 4.79 Å². The van der Waals surface area contributed by atoms with E-state index in [0.717, 1.165) is 11.1 Å². The lowest BCUT2D eigenvalue weighted by Gasteiger charge is -2.09. The van der Waals surface area contributed by atoms with Gasteiger partial charge in [-0.05, 0) is 59.1 Å². The monoisotopic (exact) mass is 379 g/mol. The molecule has 2 aromatic rings. The van der Waals surface area contributed by atoms with Crippen molar-refractivity contribution in [2.45, 2.75) is 33.1 Å². The van der Waals surface area contributed by atoms with Crippen molar-refractivity contribution in [2.24, 2.45) is 0 Å². The normalized spacial score (nSPS) is 10.8. The summed E-state index contributed by atoms with van der Waals surface area (Å²) in [6.07, 6.45) is 0.197. The Balaban J connectivity index is 1.91. The number of amides is 1. The summed E-state index contributed by atoms with van der Waals surface area (Å²) in [5.74, 6) is -0.628. The van der Waals surface area contributed by atoms with Crippen molar-refractivity contribution in [2.75, 3.05) is 0 Å². The number of nitrogens with one attached hydrogen (secondary N) is 1. The SMILES string of the molecule is CC(C)OCc1ccc(CNC(=O)c2ccc(F)cc2Br)cc1. The van der Waals surface area contributed by atoms with Gasteiger partial charge in [0, 0.05) is 11.0 Å². The molecule has 0 heterocycles. The molecule has 0 fully saturated rings. The maximum Gasteiger partial charge on any atom is 0.252 e. The van der Waals surface area contributed by atoms with Crippen LogP contribution in [0.2, 0.25) is 0 Å². The Morgan fingerprint density at radius 1 is 1.17 bits per heavy atom. The van der Waals surface area contributed by atoms with Gasteiger partial charge in [0.05, 0.1) is 18.3 Å². The first kappa shape index (κ1) is 17.6. The third-order valence-electron chi connectivity index (χ3n) is 3.24. The zero-order valence-corrected chi connectivity index (χ0v) is 14.7. The standard InChI is InChI=1S/C18H19BrFNO2/c1-12(2)23-11-14-5-3-13(4-6-14)10-21-18(22)16-8-7-15(20)9-17(16)19/h3-9,12H,10-11H2,1-2H3,(H,21,22). The first-order valence-electron chi connectivity index (χ1n) is 7.38. The van der Waals surface area contributed by atoms with Gasteiger partial charge in [-0.15, -0.1) is 0 Å². The van der Waals surface area contributed by atoms with E-state index in [-0.39, 0.29) is 17.8 Å². The molecule has 0 aliphatic rings. The Kier molecular flexibility index (Phi) is 6.30. The maximum absolute atomic E-state index is 13.0. The Morgan fingerprint density at radius 3 is 2.43 bits per heavy atom. The fourth-order valence-corrected chi connectivity index (χ4v) is 2.50. The molecule has 0 bridgehead atoms. The van der Waals surface area contributed by atoms with Gasteiger partial charge >= 0.3 is 0 Å². The molecule has 0 radical (unpaired) electrons. The molecule has 0 saturated heterocycles. The van der Waals surface area contributed by atoms with Crippen LogP contribution in [0.15, 0.2) is 46.9 Å². The molecule has 23 heavy (non-hydrogen) atoms. The molecule has 2 rings (SSSR count). The summed E-state index contributed by atoms with van der Waals surface area (Å²) in [7, 11) is 0. The largest absolute Gasteiger partial charge is 0.374 e. The van der Waals surface area contributed by atoms with E-state index < -0.39 is 0 Å². The molecule has 0 spiro atoms. The van der Waals surface area contributed by atoms with Crippen molar-refractivity contribution in [3.63, 3.8) is 0 Å². The van der Waals surface area contributed by atoms with E-state index in [4.69, 9.17) is 4.74 Å². The molecular formula is C18H19BrFNO2. The van der Waals surface area contributed by atoms with E-state index in [1.807, 2.05) is 38.1 Å². The van der Waals surface area contributed by atoms with E-state index in [2.05, 4.69) is 21.2 Å². The number of benzene rings is 2. The zero-order valence-electron chi connectivity index (χ0n) is 13.1. The molecule has 0 saturated carbocycles. The smallest absolute Gasteiger partial charge is 0.252 e. The van der Waals surface area contributed by atoms with E-state index in [1.54, 1.807) is 0 Å². The van der Waals surface area contributed by atoms with Crippen LogP contribution in [-0.2, 0) is 17.9 Å². The quantitative estimate of drug-likeness (QED) is 0.805. The molecule has 0 aliphatic heterocycles. The molecule has 122 valence electrons. The van der Waals surface area contributed by atoms with Crippen LogP contribution < -0.4 is 5.32 Å². The van der Waals surface area contributed by atoms with E-state index in [0.29, 0.717) is 23.2 Å². The lowest BCUT2D eigenvalue weighted by atomic mass is 10.1. The van der Waals surface area contributed by atoms with Gasteiger partial charge in [0.25, 0.3) is 5.91 Å². The predicted molar refractivity (Wildman–Crippen MR) is 91.6 cm³/mol. The van der Waals surface area contributed by atoms with E-state index in [9.17, 15) is 9.18 Å². The number of carbonyl (C=O) groups excluding carboxylic acids is 1. The Morgan fingerprint density at radius 2 is 1.83 bits per heavy atom. The summed E-state index contributed by atoms with van der Waals surface area (Å²) in [6.45, 7) is 4.98. The number of hydrogen-bond acceptors (Lipinski definition) is 2. The molecule has 1 amide bonds. The minimum Gasteiger partial charge on any atom is -0.374 e. The van der Waals surface area contributed by atoms with Crippen LogP contribution in [0.3, 0.4) is 0 Å². The van der Waals surface area contributed by atoms with Gasteiger partial charge in [-0.25, -0.2) is 4.39 Å². The van der Waals surface area contributed by atoms with E-state index >= 15 is 0 Å². The van der Waals surface area contributed by atoms with Gasteiger partial charge < -0.3 is 10.1 Å². The number of rotatable bonds is 6. The van der Waals surface area contributed by atoms with E-state index in [1.165, 1.54) is 18.2 Å². The summed E-state index contributed by atoms with van der Waals surface area (Å²) in [4.78, 5) is 12.1. The molecule has 0 aromatic heterocycles. The number of ether oxygens (including phenoxy) is 1. The van der Waals surface area contributed by atoms with Crippen molar-refractivity contribution in [3.05, 3.63) is 69.4 Å². The van der Waals surface area contributed by atoms with Crippen LogP contribution in [0.4, 0.5) is 4.39 Å². The highest BCUT2D eigenvalue weighted by atomic mass is 79.9. The van der Waals surface area contributed by atoms with Crippen LogP contribution in [0.5, 0.6) is 0 Å². The van der Waals surface area contributed by atoms with Gasteiger partial charge in [0.1, 0.15) is 5.82 Å². The molecule has 5 heteroatoms. The summed E-state index contributed by atoms with van der Waals surface area (Å²) in [5.41, 5.74) is 2.49. The molecular weight excluding hydrogens is 361 g/mol. The zero-order chi connectivity index (χ0) is 16.8. The molecule has 1 N–H and O–H groups in total. The Bertz CT molecular complexity index is 671. The third-order valence-corrected chi connectivity index (χ3v) is 3.89. The fourth-order valence-electron chi connectivity index (χ4n) is 1.97. The van der Waals surface area contributed by atoms with Gasteiger partial charge in [0.2, 0.25) is 0 Å². The second-order valence-electron chi connectivity index (χ2n) is 5.48. The van der Waals surface area contributed by atoms with Crippen LogP contribution in [0.1, 0.15) is 35.3 Å². The predicted octanol–water partition coefficient (Wildman–Crippen LogP) is 4.44. The second-order valence-corrected chi connectivity index (χ2v) is 6.34. The highest BCUT2D eigenvalue weighted by molar-refractivity contribution is 9.10. The van der Waals surface area contributed by atoms with Crippen molar-refractivity contribution in [1.82, 2.24) is 5.32 Å². The first-order valence-corrected chi connectivity index (χ1v) is 8.17. The molecule has 2 aromatic carbocycles. The van der Waals surface area contributed by atoms with Crippen LogP contribution in [0, 0.1) is 5.82 Å². The third kappa shape index (κ3) is 5.44. The Hall–Kier alpha value is -1.72. The van der Waals surface area contributed by atoms with Crippen LogP contribution in [0.25, 0.3) is 0 Å². The summed E-state index contributed by atoms with van der Waals surface area (Å²) >= 11 is 3.20. The lowest BCUT2D eigenvalue weighted by Crippen LogP contribution is -2.23. The minimum absolute atomic E-state index is 0.197. The number of halogens is 2. The maximum atomic E-state index is 13.0. The molecule has 3 nitrogen and oxygen atoms in total. The highest BCUT2D eigenvalue weighted by Crippen LogP contribution is 2.18. The van der Waals surface area contributed by atoms with Gasteiger partial charge in [-0.1, -0.05) is 24.3 Å². The average molecular weight is 380 g/mol.